The lowest BCUT2D eigenvalue weighted by Gasteiger charge is -2.04. The van der Waals surface area contributed by atoms with Crippen LogP contribution in [0.4, 0.5) is 5.82 Å². The number of benzene rings is 1. The topological polar surface area (TPSA) is 79.4 Å². The van der Waals surface area contributed by atoms with Crippen molar-refractivity contribution in [1.82, 2.24) is 19.7 Å². The predicted molar refractivity (Wildman–Crippen MR) is 82.5 cm³/mol. The molecule has 6 nitrogen and oxygen atoms in total. The van der Waals surface area contributed by atoms with Crippen molar-refractivity contribution in [3.8, 4) is 11.8 Å². The van der Waals surface area contributed by atoms with Gasteiger partial charge in [0, 0.05) is 25.1 Å². The Kier molecular flexibility index (Phi) is 4.07. The molecule has 1 aromatic carbocycles. The Labute approximate surface area is 128 Å². The molecule has 0 aliphatic heterocycles. The zero-order valence-electron chi connectivity index (χ0n) is 11.8. The van der Waals surface area contributed by atoms with E-state index in [4.69, 9.17) is 5.26 Å². The van der Waals surface area contributed by atoms with E-state index in [9.17, 15) is 0 Å². The minimum absolute atomic E-state index is 0.308. The Bertz CT molecular complexity index is 788. The molecule has 22 heavy (non-hydrogen) atoms. The van der Waals surface area contributed by atoms with Gasteiger partial charge in [-0.25, -0.2) is 14.6 Å². The molecule has 3 rings (SSSR count). The Morgan fingerprint density at radius 3 is 2.77 bits per heavy atom. The molecule has 1 N–H and O–H groups in total. The third-order valence-electron chi connectivity index (χ3n) is 3.17. The van der Waals surface area contributed by atoms with E-state index in [1.165, 1.54) is 6.20 Å². The number of aromatic nitrogens is 4. The fourth-order valence-electron chi connectivity index (χ4n) is 2.09. The van der Waals surface area contributed by atoms with Gasteiger partial charge in [0.25, 0.3) is 0 Å². The minimum atomic E-state index is 0.308. The summed E-state index contributed by atoms with van der Waals surface area (Å²) in [4.78, 5) is 8.08. The van der Waals surface area contributed by atoms with Gasteiger partial charge in [-0.2, -0.15) is 10.4 Å². The summed E-state index contributed by atoms with van der Waals surface area (Å²) in [5.74, 6) is 0.514. The number of para-hydroxylation sites is 1. The van der Waals surface area contributed by atoms with E-state index in [0.717, 1.165) is 17.7 Å². The summed E-state index contributed by atoms with van der Waals surface area (Å²) in [6.07, 6.45) is 7.70. The predicted octanol–water partition coefficient (Wildman–Crippen LogP) is 2.19. The van der Waals surface area contributed by atoms with E-state index in [2.05, 4.69) is 20.4 Å². The molecular weight excluding hydrogens is 276 g/mol. The molecule has 0 unspecified atom stereocenters. The maximum Gasteiger partial charge on any atom is 0.182 e. The molecule has 2 aromatic heterocycles. The molecule has 0 amide bonds. The number of nitriles is 1. The summed E-state index contributed by atoms with van der Waals surface area (Å²) in [6.45, 7) is 0.661. The monoisotopic (exact) mass is 290 g/mol. The minimum Gasteiger partial charge on any atom is -0.367 e. The first-order chi connectivity index (χ1) is 10.9. The highest BCUT2D eigenvalue weighted by Gasteiger charge is 2.04. The third-order valence-corrected chi connectivity index (χ3v) is 3.17. The zero-order valence-corrected chi connectivity index (χ0v) is 11.8. The van der Waals surface area contributed by atoms with Crippen molar-refractivity contribution in [2.45, 2.75) is 6.42 Å². The molecule has 0 spiro atoms. The van der Waals surface area contributed by atoms with Gasteiger partial charge in [-0.3, -0.25) is 0 Å². The second kappa shape index (κ2) is 6.50. The largest absolute Gasteiger partial charge is 0.367 e. The Balaban J connectivity index is 1.61. The average molecular weight is 290 g/mol. The third kappa shape index (κ3) is 3.10. The van der Waals surface area contributed by atoms with Crippen LogP contribution in [0.5, 0.6) is 0 Å². The van der Waals surface area contributed by atoms with Crippen molar-refractivity contribution >= 4 is 5.82 Å². The van der Waals surface area contributed by atoms with E-state index in [1.807, 2.05) is 53.5 Å². The van der Waals surface area contributed by atoms with Crippen LogP contribution in [0.2, 0.25) is 0 Å². The molecule has 108 valence electrons. The molecule has 0 aliphatic rings. The molecule has 0 bridgehead atoms. The normalized spacial score (nSPS) is 10.1. The Hall–Kier alpha value is -3.20. The number of rotatable bonds is 5. The summed E-state index contributed by atoms with van der Waals surface area (Å²) < 4.78 is 1.85. The van der Waals surface area contributed by atoms with Gasteiger partial charge in [0.2, 0.25) is 0 Å². The average Bonchev–Trinajstić information content (AvgIpc) is 3.05. The molecule has 0 atom stereocenters. The smallest absolute Gasteiger partial charge is 0.182 e. The van der Waals surface area contributed by atoms with Crippen molar-refractivity contribution in [3.05, 3.63) is 66.4 Å². The number of anilines is 1. The van der Waals surface area contributed by atoms with Crippen molar-refractivity contribution in [2.24, 2.45) is 0 Å². The second-order valence-corrected chi connectivity index (χ2v) is 4.67. The van der Waals surface area contributed by atoms with Crippen LogP contribution < -0.4 is 5.32 Å². The number of hydrogen-bond acceptors (Lipinski definition) is 5. The lowest BCUT2D eigenvalue weighted by atomic mass is 10.2. The highest BCUT2D eigenvalue weighted by Crippen LogP contribution is 2.09. The van der Waals surface area contributed by atoms with Gasteiger partial charge in [0.1, 0.15) is 6.07 Å². The summed E-state index contributed by atoms with van der Waals surface area (Å²) in [6, 6.07) is 12.0. The van der Waals surface area contributed by atoms with Crippen molar-refractivity contribution in [2.75, 3.05) is 11.9 Å². The summed E-state index contributed by atoms with van der Waals surface area (Å²) in [5.41, 5.74) is 2.45. The standard InChI is InChI=1S/C16H14N6/c17-10-15-16(20-9-8-18-15)19-7-6-13-11-21-22(12-13)14-4-2-1-3-5-14/h1-5,8-9,11-12H,6-7H2,(H,19,20). The second-order valence-electron chi connectivity index (χ2n) is 4.67. The molecule has 0 aliphatic carbocycles. The molecule has 6 heteroatoms. The van der Waals surface area contributed by atoms with Crippen molar-refractivity contribution in [1.29, 1.82) is 5.26 Å². The summed E-state index contributed by atoms with van der Waals surface area (Å²) in [7, 11) is 0. The highest BCUT2D eigenvalue weighted by atomic mass is 15.3. The molecule has 2 heterocycles. The number of nitrogens with one attached hydrogen (secondary N) is 1. The first-order valence-electron chi connectivity index (χ1n) is 6.91. The molecule has 0 radical (unpaired) electrons. The van der Waals surface area contributed by atoms with Gasteiger partial charge in [-0.15, -0.1) is 0 Å². The van der Waals surface area contributed by atoms with Crippen LogP contribution in [0.25, 0.3) is 5.69 Å². The van der Waals surface area contributed by atoms with Crippen LogP contribution in [0.15, 0.2) is 55.1 Å². The summed E-state index contributed by atoms with van der Waals surface area (Å²) in [5, 5.41) is 16.4. The van der Waals surface area contributed by atoms with Gasteiger partial charge < -0.3 is 5.32 Å². The maximum atomic E-state index is 8.96. The molecule has 0 saturated heterocycles. The van der Waals surface area contributed by atoms with Crippen LogP contribution in [-0.2, 0) is 6.42 Å². The molecule has 0 saturated carbocycles. The first-order valence-corrected chi connectivity index (χ1v) is 6.91. The maximum absolute atomic E-state index is 8.96. The molecule has 3 aromatic rings. The van der Waals surface area contributed by atoms with Gasteiger partial charge in [0.15, 0.2) is 11.5 Å². The summed E-state index contributed by atoms with van der Waals surface area (Å²) >= 11 is 0. The molecular formula is C16H14N6. The fourth-order valence-corrected chi connectivity index (χ4v) is 2.09. The van der Waals surface area contributed by atoms with Crippen LogP contribution in [-0.4, -0.2) is 26.3 Å². The van der Waals surface area contributed by atoms with Crippen molar-refractivity contribution < 1.29 is 0 Å². The lowest BCUT2D eigenvalue weighted by molar-refractivity contribution is 0.879. The van der Waals surface area contributed by atoms with Gasteiger partial charge in [-0.1, -0.05) is 18.2 Å². The Morgan fingerprint density at radius 2 is 1.95 bits per heavy atom. The van der Waals surface area contributed by atoms with E-state index in [1.54, 1.807) is 6.20 Å². The van der Waals surface area contributed by atoms with Crippen molar-refractivity contribution in [3.63, 3.8) is 0 Å². The highest BCUT2D eigenvalue weighted by molar-refractivity contribution is 5.46. The van der Waals surface area contributed by atoms with Crippen LogP contribution >= 0.6 is 0 Å². The SMILES string of the molecule is N#Cc1nccnc1NCCc1cnn(-c2ccccc2)c1. The van der Waals surface area contributed by atoms with E-state index >= 15 is 0 Å². The first kappa shape index (κ1) is 13.8. The van der Waals surface area contributed by atoms with Crippen LogP contribution in [0.1, 0.15) is 11.3 Å². The van der Waals surface area contributed by atoms with E-state index in [-0.39, 0.29) is 0 Å². The fraction of sp³-hybridized carbons (Fsp3) is 0.125. The zero-order chi connectivity index (χ0) is 15.2. The number of hydrogen-bond donors (Lipinski definition) is 1. The van der Waals surface area contributed by atoms with Crippen LogP contribution in [0.3, 0.4) is 0 Å². The van der Waals surface area contributed by atoms with Gasteiger partial charge in [-0.05, 0) is 24.1 Å². The Morgan fingerprint density at radius 1 is 1.14 bits per heavy atom. The van der Waals surface area contributed by atoms with E-state index < -0.39 is 0 Å². The van der Waals surface area contributed by atoms with Gasteiger partial charge in [0.05, 0.1) is 11.9 Å². The lowest BCUT2D eigenvalue weighted by Crippen LogP contribution is -2.08. The molecule has 0 fully saturated rings. The quantitative estimate of drug-likeness (QED) is 0.779. The van der Waals surface area contributed by atoms with Crippen LogP contribution in [0, 0.1) is 11.3 Å². The van der Waals surface area contributed by atoms with E-state index in [0.29, 0.717) is 18.1 Å². The number of nitrogens with zero attached hydrogens (tertiary/aromatic N) is 5. The van der Waals surface area contributed by atoms with Gasteiger partial charge >= 0.3 is 0 Å².